The molecule has 0 fully saturated rings. The van der Waals surface area contributed by atoms with E-state index in [1.807, 2.05) is 65.7 Å². The van der Waals surface area contributed by atoms with Crippen LogP contribution < -0.4 is 0 Å². The molecule has 0 amide bonds. The Balaban J connectivity index is 1.52. The van der Waals surface area contributed by atoms with Crippen molar-refractivity contribution >= 4 is 6.08 Å². The standard InChI is InChI=1S/C20H19NO/c22-20-19-13-7-6-12-18(19)14-16-21(20)15-8-2-5-11-17-9-3-1-4-10-17/h1,3-4,6-7,9-10,12-14,16,20,22H,2,8,15H2. The molecule has 0 saturated heterocycles. The van der Waals surface area contributed by atoms with Crippen LogP contribution in [0.25, 0.3) is 6.08 Å². The molecule has 2 heteroatoms. The molecule has 1 heterocycles. The Morgan fingerprint density at radius 2 is 1.77 bits per heavy atom. The largest absolute Gasteiger partial charge is 0.369 e. The van der Waals surface area contributed by atoms with Gasteiger partial charge in [-0.15, -0.1) is 0 Å². The van der Waals surface area contributed by atoms with Crippen molar-refractivity contribution in [3.05, 3.63) is 77.5 Å². The summed E-state index contributed by atoms with van der Waals surface area (Å²) in [6.45, 7) is 0.801. The quantitative estimate of drug-likeness (QED) is 0.686. The van der Waals surface area contributed by atoms with Crippen LogP contribution in [-0.4, -0.2) is 16.6 Å². The van der Waals surface area contributed by atoms with E-state index in [2.05, 4.69) is 17.9 Å². The first kappa shape index (κ1) is 14.4. The summed E-state index contributed by atoms with van der Waals surface area (Å²) in [5.41, 5.74) is 3.12. The fourth-order valence-electron chi connectivity index (χ4n) is 2.57. The molecular weight excluding hydrogens is 270 g/mol. The predicted molar refractivity (Wildman–Crippen MR) is 89.7 cm³/mol. The van der Waals surface area contributed by atoms with Gasteiger partial charge >= 0.3 is 0 Å². The van der Waals surface area contributed by atoms with Crippen LogP contribution in [0, 0.1) is 11.8 Å². The smallest absolute Gasteiger partial charge is 0.153 e. The highest BCUT2D eigenvalue weighted by Crippen LogP contribution is 2.27. The summed E-state index contributed by atoms with van der Waals surface area (Å²) in [4.78, 5) is 1.96. The van der Waals surface area contributed by atoms with Crippen molar-refractivity contribution in [3.8, 4) is 11.8 Å². The zero-order valence-corrected chi connectivity index (χ0v) is 12.4. The van der Waals surface area contributed by atoms with Crippen LogP contribution in [-0.2, 0) is 0 Å². The molecule has 22 heavy (non-hydrogen) atoms. The summed E-state index contributed by atoms with van der Waals surface area (Å²) >= 11 is 0. The van der Waals surface area contributed by atoms with Crippen molar-refractivity contribution < 1.29 is 5.11 Å². The normalized spacial score (nSPS) is 15.9. The lowest BCUT2D eigenvalue weighted by atomic mass is 10.0. The van der Waals surface area contributed by atoms with Gasteiger partial charge in [0.25, 0.3) is 0 Å². The minimum absolute atomic E-state index is 0.553. The van der Waals surface area contributed by atoms with Crippen LogP contribution in [0.15, 0.2) is 60.8 Å². The molecule has 110 valence electrons. The molecule has 0 radical (unpaired) electrons. The highest BCUT2D eigenvalue weighted by molar-refractivity contribution is 5.56. The average Bonchev–Trinajstić information content (AvgIpc) is 2.58. The molecule has 1 aliphatic heterocycles. The molecule has 1 atom stereocenters. The molecule has 2 aromatic carbocycles. The number of rotatable bonds is 3. The Bertz CT molecular complexity index is 709. The number of nitrogens with zero attached hydrogens (tertiary/aromatic N) is 1. The van der Waals surface area contributed by atoms with E-state index in [1.165, 1.54) is 0 Å². The summed E-state index contributed by atoms with van der Waals surface area (Å²) in [6.07, 6.45) is 5.23. The van der Waals surface area contributed by atoms with E-state index in [-0.39, 0.29) is 0 Å². The van der Waals surface area contributed by atoms with Crippen LogP contribution >= 0.6 is 0 Å². The first-order valence-corrected chi connectivity index (χ1v) is 7.59. The maximum absolute atomic E-state index is 10.4. The fourth-order valence-corrected chi connectivity index (χ4v) is 2.57. The SMILES string of the molecule is OC1c2ccccc2C=CN1CCCC#Cc1ccccc1. The average molecular weight is 289 g/mol. The molecule has 0 bridgehead atoms. The Morgan fingerprint density at radius 1 is 1.00 bits per heavy atom. The van der Waals surface area contributed by atoms with Gasteiger partial charge in [-0.05, 0) is 30.2 Å². The van der Waals surface area contributed by atoms with Crippen LogP contribution in [0.4, 0.5) is 0 Å². The second-order valence-electron chi connectivity index (χ2n) is 5.33. The molecular formula is C20H19NO. The Labute approximate surface area is 131 Å². The van der Waals surface area contributed by atoms with E-state index in [1.54, 1.807) is 0 Å². The number of hydrogen-bond donors (Lipinski definition) is 1. The maximum Gasteiger partial charge on any atom is 0.153 e. The van der Waals surface area contributed by atoms with Gasteiger partial charge in [0.05, 0.1) is 0 Å². The molecule has 0 saturated carbocycles. The van der Waals surface area contributed by atoms with Crippen molar-refractivity contribution in [1.29, 1.82) is 0 Å². The Morgan fingerprint density at radius 3 is 2.64 bits per heavy atom. The highest BCUT2D eigenvalue weighted by Gasteiger charge is 2.19. The van der Waals surface area contributed by atoms with Crippen LogP contribution in [0.3, 0.4) is 0 Å². The molecule has 2 aromatic rings. The van der Waals surface area contributed by atoms with Crippen molar-refractivity contribution in [2.24, 2.45) is 0 Å². The van der Waals surface area contributed by atoms with Crippen molar-refractivity contribution in [2.45, 2.75) is 19.1 Å². The summed E-state index contributed by atoms with van der Waals surface area (Å²) in [5.74, 6) is 6.35. The Kier molecular flexibility index (Phi) is 4.58. The third-order valence-electron chi connectivity index (χ3n) is 3.76. The number of unbranched alkanes of at least 4 members (excludes halogenated alkanes) is 1. The van der Waals surface area contributed by atoms with Gasteiger partial charge in [-0.2, -0.15) is 0 Å². The monoisotopic (exact) mass is 289 g/mol. The van der Waals surface area contributed by atoms with Crippen LogP contribution in [0.5, 0.6) is 0 Å². The minimum Gasteiger partial charge on any atom is -0.369 e. The minimum atomic E-state index is -0.553. The van der Waals surface area contributed by atoms with Crippen molar-refractivity contribution in [3.63, 3.8) is 0 Å². The molecule has 3 rings (SSSR count). The van der Waals surface area contributed by atoms with Gasteiger partial charge in [-0.1, -0.05) is 54.3 Å². The number of aliphatic hydroxyl groups is 1. The summed E-state index contributed by atoms with van der Waals surface area (Å²) < 4.78 is 0. The molecule has 0 spiro atoms. The first-order valence-electron chi connectivity index (χ1n) is 7.59. The highest BCUT2D eigenvalue weighted by atomic mass is 16.3. The number of fused-ring (bicyclic) bond motifs is 1. The van der Waals surface area contributed by atoms with E-state index in [0.717, 1.165) is 36.1 Å². The molecule has 1 aliphatic rings. The lowest BCUT2D eigenvalue weighted by Crippen LogP contribution is -2.27. The Hall–Kier alpha value is -2.50. The van der Waals surface area contributed by atoms with Gasteiger partial charge in [0, 0.05) is 30.3 Å². The van der Waals surface area contributed by atoms with Crippen LogP contribution in [0.2, 0.25) is 0 Å². The second-order valence-corrected chi connectivity index (χ2v) is 5.33. The third kappa shape index (κ3) is 3.39. The molecule has 2 nitrogen and oxygen atoms in total. The first-order chi connectivity index (χ1) is 10.8. The second kappa shape index (κ2) is 6.98. The number of aliphatic hydroxyl groups excluding tert-OH is 1. The zero-order chi connectivity index (χ0) is 15.2. The van der Waals surface area contributed by atoms with Gasteiger partial charge in [-0.3, -0.25) is 0 Å². The lowest BCUT2D eigenvalue weighted by molar-refractivity contribution is 0.0344. The molecule has 0 aromatic heterocycles. The molecule has 0 aliphatic carbocycles. The lowest BCUT2D eigenvalue weighted by Gasteiger charge is -2.30. The summed E-state index contributed by atoms with van der Waals surface area (Å²) in [7, 11) is 0. The molecule has 1 N–H and O–H groups in total. The van der Waals surface area contributed by atoms with Gasteiger partial charge in [0.1, 0.15) is 0 Å². The maximum atomic E-state index is 10.4. The van der Waals surface area contributed by atoms with Crippen molar-refractivity contribution in [2.75, 3.05) is 6.54 Å². The van der Waals surface area contributed by atoms with E-state index in [4.69, 9.17) is 0 Å². The van der Waals surface area contributed by atoms with Gasteiger partial charge < -0.3 is 10.0 Å². The van der Waals surface area contributed by atoms with E-state index < -0.39 is 6.23 Å². The predicted octanol–water partition coefficient (Wildman–Crippen LogP) is 3.80. The topological polar surface area (TPSA) is 23.5 Å². The van der Waals surface area contributed by atoms with Gasteiger partial charge in [-0.25, -0.2) is 0 Å². The fraction of sp³-hybridized carbons (Fsp3) is 0.200. The van der Waals surface area contributed by atoms with Gasteiger partial charge in [0.15, 0.2) is 6.23 Å². The summed E-state index contributed by atoms with van der Waals surface area (Å²) in [6, 6.07) is 18.0. The van der Waals surface area contributed by atoms with Crippen molar-refractivity contribution in [1.82, 2.24) is 4.90 Å². The van der Waals surface area contributed by atoms with Gasteiger partial charge in [0.2, 0.25) is 0 Å². The zero-order valence-electron chi connectivity index (χ0n) is 12.4. The van der Waals surface area contributed by atoms with E-state index >= 15 is 0 Å². The van der Waals surface area contributed by atoms with Crippen LogP contribution in [0.1, 0.15) is 35.8 Å². The third-order valence-corrected chi connectivity index (χ3v) is 3.76. The summed E-state index contributed by atoms with van der Waals surface area (Å²) in [5, 5.41) is 10.4. The molecule has 1 unspecified atom stereocenters. The van der Waals surface area contributed by atoms with E-state index in [9.17, 15) is 5.11 Å². The van der Waals surface area contributed by atoms with E-state index in [0.29, 0.717) is 0 Å². The number of hydrogen-bond acceptors (Lipinski definition) is 2. The number of benzene rings is 2.